The molecule has 0 spiro atoms. The lowest BCUT2D eigenvalue weighted by atomic mass is 10.1. The number of amides is 1. The average Bonchev–Trinajstić information content (AvgIpc) is 2.55. The van der Waals surface area contributed by atoms with Crippen LogP contribution in [0.3, 0.4) is 0 Å². The standard InChI is InChI=1S/C17H19NO3/c19-12-11-18(13-14-7-3-1-4-8-14)17(21)16(20)15-9-5-2-6-10-15/h1-10,16,19-20H,11-13H2/t16-/m0/s1. The Labute approximate surface area is 124 Å². The van der Waals surface area contributed by atoms with Gasteiger partial charge in [-0.2, -0.15) is 0 Å². The van der Waals surface area contributed by atoms with Gasteiger partial charge >= 0.3 is 0 Å². The fraction of sp³-hybridized carbons (Fsp3) is 0.235. The Hall–Kier alpha value is -2.17. The molecular weight excluding hydrogens is 266 g/mol. The smallest absolute Gasteiger partial charge is 0.256 e. The molecule has 0 radical (unpaired) electrons. The number of benzene rings is 2. The summed E-state index contributed by atoms with van der Waals surface area (Å²) in [5, 5.41) is 19.3. The van der Waals surface area contributed by atoms with Gasteiger partial charge in [-0.15, -0.1) is 0 Å². The summed E-state index contributed by atoms with van der Waals surface area (Å²) in [5.41, 5.74) is 1.51. The van der Waals surface area contributed by atoms with Gasteiger partial charge in [-0.05, 0) is 11.1 Å². The van der Waals surface area contributed by atoms with E-state index in [1.807, 2.05) is 36.4 Å². The van der Waals surface area contributed by atoms with Crippen molar-refractivity contribution < 1.29 is 15.0 Å². The maximum atomic E-state index is 12.4. The van der Waals surface area contributed by atoms with Crippen molar-refractivity contribution in [1.29, 1.82) is 0 Å². The van der Waals surface area contributed by atoms with Gasteiger partial charge in [0.05, 0.1) is 6.61 Å². The van der Waals surface area contributed by atoms with Gasteiger partial charge in [0.15, 0.2) is 6.10 Å². The lowest BCUT2D eigenvalue weighted by Crippen LogP contribution is -2.36. The van der Waals surface area contributed by atoms with Crippen LogP contribution in [0.1, 0.15) is 17.2 Å². The van der Waals surface area contributed by atoms with E-state index in [0.717, 1.165) is 5.56 Å². The summed E-state index contributed by atoms with van der Waals surface area (Å²) < 4.78 is 0. The topological polar surface area (TPSA) is 60.8 Å². The summed E-state index contributed by atoms with van der Waals surface area (Å²) in [7, 11) is 0. The highest BCUT2D eigenvalue weighted by atomic mass is 16.3. The third kappa shape index (κ3) is 4.15. The van der Waals surface area contributed by atoms with Crippen molar-refractivity contribution in [2.75, 3.05) is 13.2 Å². The number of aliphatic hydroxyl groups is 2. The molecule has 0 bridgehead atoms. The molecule has 21 heavy (non-hydrogen) atoms. The van der Waals surface area contributed by atoms with Crippen LogP contribution >= 0.6 is 0 Å². The quantitative estimate of drug-likeness (QED) is 0.850. The molecule has 2 rings (SSSR count). The summed E-state index contributed by atoms with van der Waals surface area (Å²) in [6, 6.07) is 18.3. The van der Waals surface area contributed by atoms with Gasteiger partial charge in [0.1, 0.15) is 0 Å². The summed E-state index contributed by atoms with van der Waals surface area (Å²) in [6.45, 7) is 0.418. The van der Waals surface area contributed by atoms with Crippen molar-refractivity contribution in [3.05, 3.63) is 71.8 Å². The fourth-order valence-corrected chi connectivity index (χ4v) is 2.14. The second-order valence-corrected chi connectivity index (χ2v) is 4.78. The van der Waals surface area contributed by atoms with Crippen molar-refractivity contribution in [3.8, 4) is 0 Å². The van der Waals surface area contributed by atoms with Gasteiger partial charge in [-0.1, -0.05) is 60.7 Å². The van der Waals surface area contributed by atoms with Crippen LogP contribution in [0.4, 0.5) is 0 Å². The minimum absolute atomic E-state index is 0.139. The van der Waals surface area contributed by atoms with Crippen LogP contribution in [0.5, 0.6) is 0 Å². The highest BCUT2D eigenvalue weighted by Crippen LogP contribution is 2.17. The molecule has 4 nitrogen and oxygen atoms in total. The van der Waals surface area contributed by atoms with E-state index in [1.54, 1.807) is 24.3 Å². The monoisotopic (exact) mass is 285 g/mol. The molecule has 2 N–H and O–H groups in total. The lowest BCUT2D eigenvalue weighted by Gasteiger charge is -2.24. The first-order valence-corrected chi connectivity index (χ1v) is 6.89. The van der Waals surface area contributed by atoms with E-state index in [1.165, 1.54) is 4.90 Å². The van der Waals surface area contributed by atoms with E-state index < -0.39 is 12.0 Å². The number of nitrogens with zero attached hydrogens (tertiary/aromatic N) is 1. The first-order chi connectivity index (χ1) is 10.2. The molecule has 0 saturated heterocycles. The summed E-state index contributed by atoms with van der Waals surface area (Å²) in [5.74, 6) is -0.404. The van der Waals surface area contributed by atoms with Gasteiger partial charge in [0.25, 0.3) is 5.91 Å². The Morgan fingerprint density at radius 3 is 2.14 bits per heavy atom. The number of aliphatic hydroxyl groups excluding tert-OH is 2. The molecule has 0 aromatic heterocycles. The molecular formula is C17H19NO3. The predicted octanol–water partition coefficient (Wildman–Crippen LogP) is 1.74. The number of carbonyl (C=O) groups excluding carboxylic acids is 1. The molecule has 0 heterocycles. The SMILES string of the molecule is O=C([C@@H](O)c1ccccc1)N(CCO)Cc1ccccc1. The number of hydrogen-bond donors (Lipinski definition) is 2. The van der Waals surface area contributed by atoms with Gasteiger partial charge in [0, 0.05) is 13.1 Å². The highest BCUT2D eigenvalue weighted by molar-refractivity contribution is 5.82. The van der Waals surface area contributed by atoms with E-state index in [0.29, 0.717) is 12.1 Å². The maximum absolute atomic E-state index is 12.4. The van der Waals surface area contributed by atoms with Crippen molar-refractivity contribution in [3.63, 3.8) is 0 Å². The zero-order valence-electron chi connectivity index (χ0n) is 11.7. The predicted molar refractivity (Wildman–Crippen MR) is 80.3 cm³/mol. The fourth-order valence-electron chi connectivity index (χ4n) is 2.14. The minimum atomic E-state index is -1.21. The highest BCUT2D eigenvalue weighted by Gasteiger charge is 2.23. The van der Waals surface area contributed by atoms with Gasteiger partial charge in [-0.3, -0.25) is 4.79 Å². The van der Waals surface area contributed by atoms with E-state index in [-0.39, 0.29) is 13.2 Å². The minimum Gasteiger partial charge on any atom is -0.395 e. The van der Waals surface area contributed by atoms with Crippen LogP contribution in [0, 0.1) is 0 Å². The normalized spacial score (nSPS) is 11.9. The molecule has 0 fully saturated rings. The third-order valence-corrected chi connectivity index (χ3v) is 3.25. The largest absolute Gasteiger partial charge is 0.395 e. The van der Waals surface area contributed by atoms with Gasteiger partial charge < -0.3 is 15.1 Å². The first kappa shape index (κ1) is 15.2. The average molecular weight is 285 g/mol. The first-order valence-electron chi connectivity index (χ1n) is 6.89. The molecule has 1 amide bonds. The Balaban J connectivity index is 2.12. The van der Waals surface area contributed by atoms with Crippen LogP contribution in [-0.2, 0) is 11.3 Å². The van der Waals surface area contributed by atoms with Crippen LogP contribution in [-0.4, -0.2) is 34.2 Å². The summed E-state index contributed by atoms with van der Waals surface area (Å²) in [4.78, 5) is 13.9. The number of carbonyl (C=O) groups is 1. The molecule has 110 valence electrons. The van der Waals surface area contributed by atoms with Crippen molar-refractivity contribution >= 4 is 5.91 Å². The Bertz CT molecular complexity index is 557. The van der Waals surface area contributed by atoms with Crippen LogP contribution < -0.4 is 0 Å². The Kier molecular flexibility index (Phi) is 5.49. The maximum Gasteiger partial charge on any atom is 0.256 e. The Morgan fingerprint density at radius 1 is 1.00 bits per heavy atom. The zero-order chi connectivity index (χ0) is 15.1. The second kappa shape index (κ2) is 7.57. The second-order valence-electron chi connectivity index (χ2n) is 4.78. The van der Waals surface area contributed by atoms with E-state index >= 15 is 0 Å². The molecule has 0 unspecified atom stereocenters. The van der Waals surface area contributed by atoms with Crippen molar-refractivity contribution in [2.45, 2.75) is 12.6 Å². The zero-order valence-corrected chi connectivity index (χ0v) is 11.7. The van der Waals surface area contributed by atoms with Gasteiger partial charge in [-0.25, -0.2) is 0 Å². The molecule has 0 aliphatic rings. The molecule has 1 atom stereocenters. The third-order valence-electron chi connectivity index (χ3n) is 3.25. The molecule has 4 heteroatoms. The van der Waals surface area contributed by atoms with Crippen LogP contribution in [0.2, 0.25) is 0 Å². The summed E-state index contributed by atoms with van der Waals surface area (Å²) >= 11 is 0. The molecule has 2 aromatic rings. The summed E-state index contributed by atoms with van der Waals surface area (Å²) in [6.07, 6.45) is -1.21. The molecule has 0 saturated carbocycles. The lowest BCUT2D eigenvalue weighted by molar-refractivity contribution is -0.141. The van der Waals surface area contributed by atoms with Crippen molar-refractivity contribution in [2.24, 2.45) is 0 Å². The molecule has 0 aliphatic heterocycles. The van der Waals surface area contributed by atoms with Crippen LogP contribution in [0.25, 0.3) is 0 Å². The van der Waals surface area contributed by atoms with Gasteiger partial charge in [0.2, 0.25) is 0 Å². The van der Waals surface area contributed by atoms with E-state index in [9.17, 15) is 9.90 Å². The number of rotatable bonds is 6. The van der Waals surface area contributed by atoms with E-state index in [2.05, 4.69) is 0 Å². The Morgan fingerprint density at radius 2 is 1.57 bits per heavy atom. The number of hydrogen-bond acceptors (Lipinski definition) is 3. The molecule has 2 aromatic carbocycles. The molecule has 0 aliphatic carbocycles. The van der Waals surface area contributed by atoms with Crippen molar-refractivity contribution in [1.82, 2.24) is 4.90 Å². The van der Waals surface area contributed by atoms with Crippen LogP contribution in [0.15, 0.2) is 60.7 Å². The van der Waals surface area contributed by atoms with E-state index in [4.69, 9.17) is 5.11 Å².